The van der Waals surface area contributed by atoms with Gasteiger partial charge in [-0.25, -0.2) is 0 Å². The molecule has 15 heavy (non-hydrogen) atoms. The molecule has 0 saturated carbocycles. The third kappa shape index (κ3) is 2.74. The zero-order chi connectivity index (χ0) is 10.8. The number of ketones is 1. The molecule has 1 aliphatic heterocycles. The number of halogens is 1. The number of ether oxygens (including phenoxy) is 1. The fourth-order valence-corrected chi connectivity index (χ4v) is 2.06. The lowest BCUT2D eigenvalue weighted by Gasteiger charge is -2.26. The Morgan fingerprint density at radius 2 is 2.33 bits per heavy atom. The zero-order valence-corrected chi connectivity index (χ0v) is 10.2. The van der Waals surface area contributed by atoms with Crippen LogP contribution in [0.2, 0.25) is 0 Å². The van der Waals surface area contributed by atoms with Gasteiger partial charge in [0.2, 0.25) is 0 Å². The monoisotopic (exact) mass is 251 g/mol. The Morgan fingerprint density at radius 1 is 1.73 bits per heavy atom. The first kappa shape index (κ1) is 14.5. The van der Waals surface area contributed by atoms with Gasteiger partial charge in [-0.1, -0.05) is 0 Å². The van der Waals surface area contributed by atoms with E-state index in [0.29, 0.717) is 6.61 Å². The predicted molar refractivity (Wildman–Crippen MR) is 61.7 cm³/mol. The lowest BCUT2D eigenvalue weighted by Crippen LogP contribution is -2.50. The summed E-state index contributed by atoms with van der Waals surface area (Å²) in [5.74, 6) is -1.29. The van der Waals surface area contributed by atoms with Crippen LogP contribution in [0.25, 0.3) is 0 Å². The number of carbonyl (C=O) groups excluding carboxylic acids is 2. The molecule has 0 radical (unpaired) electrons. The molecule has 0 bridgehead atoms. The van der Waals surface area contributed by atoms with Crippen molar-refractivity contribution < 1.29 is 14.3 Å². The van der Waals surface area contributed by atoms with Crippen LogP contribution < -0.4 is 5.73 Å². The minimum Gasteiger partial charge on any atom is -0.466 e. The maximum absolute atomic E-state index is 11.4. The van der Waals surface area contributed by atoms with Crippen molar-refractivity contribution in [2.75, 3.05) is 6.61 Å². The van der Waals surface area contributed by atoms with Crippen molar-refractivity contribution in [2.24, 2.45) is 11.7 Å². The lowest BCUT2D eigenvalue weighted by atomic mass is 9.98. The van der Waals surface area contributed by atoms with Gasteiger partial charge in [-0.05, 0) is 25.3 Å². The van der Waals surface area contributed by atoms with Gasteiger partial charge in [0.25, 0.3) is 0 Å². The van der Waals surface area contributed by atoms with E-state index in [2.05, 4.69) is 0 Å². The fraction of sp³-hybridized carbons (Fsp3) is 0.556. The Hall–Kier alpha value is -0.520. The second-order valence-electron chi connectivity index (χ2n) is 3.05. The minimum absolute atomic E-state index is 0. The third-order valence-electron chi connectivity index (χ3n) is 2.15. The van der Waals surface area contributed by atoms with E-state index in [0.717, 1.165) is 11.8 Å². The Labute approximate surface area is 99.0 Å². The summed E-state index contributed by atoms with van der Waals surface area (Å²) in [7, 11) is 0. The number of hydrogen-bond acceptors (Lipinski definition) is 5. The largest absolute Gasteiger partial charge is 0.466 e. The summed E-state index contributed by atoms with van der Waals surface area (Å²) in [5, 5.41) is 1.61. The molecule has 6 heteroatoms. The average molecular weight is 252 g/mol. The van der Waals surface area contributed by atoms with Crippen LogP contribution in [0.15, 0.2) is 11.5 Å². The Balaban J connectivity index is 0.00000196. The second-order valence-corrected chi connectivity index (χ2v) is 4.24. The first-order valence-electron chi connectivity index (χ1n) is 4.36. The van der Waals surface area contributed by atoms with Gasteiger partial charge >= 0.3 is 5.97 Å². The van der Waals surface area contributed by atoms with Gasteiger partial charge in [-0.3, -0.25) is 9.59 Å². The number of thioether (sulfide) groups is 1. The molecular weight excluding hydrogens is 238 g/mol. The van der Waals surface area contributed by atoms with Crippen molar-refractivity contribution in [3.8, 4) is 0 Å². The molecule has 1 rings (SSSR count). The van der Waals surface area contributed by atoms with Crippen LogP contribution in [0.5, 0.6) is 0 Å². The molecule has 2 atom stereocenters. The van der Waals surface area contributed by atoms with Gasteiger partial charge in [-0.15, -0.1) is 24.2 Å². The van der Waals surface area contributed by atoms with Crippen LogP contribution in [0.1, 0.15) is 13.8 Å². The Bertz CT molecular complexity index is 295. The highest BCUT2D eigenvalue weighted by molar-refractivity contribution is 8.04. The van der Waals surface area contributed by atoms with Gasteiger partial charge < -0.3 is 10.5 Å². The van der Waals surface area contributed by atoms with Crippen LogP contribution in [0.3, 0.4) is 0 Å². The molecular formula is C9H14ClNO3S. The van der Waals surface area contributed by atoms with E-state index >= 15 is 0 Å². The minimum atomic E-state index is -1.17. The van der Waals surface area contributed by atoms with Gasteiger partial charge in [-0.2, -0.15) is 0 Å². The van der Waals surface area contributed by atoms with Gasteiger partial charge in [0.15, 0.2) is 5.78 Å². The van der Waals surface area contributed by atoms with Gasteiger partial charge in [0, 0.05) is 0 Å². The maximum Gasteiger partial charge on any atom is 0.311 e. The predicted octanol–water partition coefficient (Wildman–Crippen LogP) is 1.09. The van der Waals surface area contributed by atoms with Crippen molar-refractivity contribution in [2.45, 2.75) is 18.7 Å². The average Bonchev–Trinajstić information content (AvgIpc) is 2.47. The van der Waals surface area contributed by atoms with Crippen molar-refractivity contribution in [1.82, 2.24) is 0 Å². The van der Waals surface area contributed by atoms with Gasteiger partial charge in [0.05, 0.1) is 12.5 Å². The van der Waals surface area contributed by atoms with Gasteiger partial charge in [0.1, 0.15) is 4.87 Å². The molecule has 2 unspecified atom stereocenters. The van der Waals surface area contributed by atoms with Crippen molar-refractivity contribution in [3.63, 3.8) is 0 Å². The molecule has 0 aromatic carbocycles. The van der Waals surface area contributed by atoms with Crippen LogP contribution in [-0.2, 0) is 14.3 Å². The van der Waals surface area contributed by atoms with Crippen molar-refractivity contribution in [3.05, 3.63) is 11.5 Å². The molecule has 0 spiro atoms. The standard InChI is InChI=1S/C9H13NO3S.ClH/c1-3-13-8(12)6(2)9(10)7(11)4-5-14-9;/h4-6H,3,10H2,1-2H3;1H. The Morgan fingerprint density at radius 3 is 2.73 bits per heavy atom. The van der Waals surface area contributed by atoms with E-state index in [4.69, 9.17) is 10.5 Å². The lowest BCUT2D eigenvalue weighted by molar-refractivity contribution is -0.149. The highest BCUT2D eigenvalue weighted by Gasteiger charge is 2.45. The summed E-state index contributed by atoms with van der Waals surface area (Å²) >= 11 is 1.16. The number of rotatable bonds is 3. The molecule has 1 heterocycles. The second kappa shape index (κ2) is 5.53. The van der Waals surface area contributed by atoms with E-state index in [1.54, 1.807) is 19.3 Å². The Kier molecular flexibility index (Phi) is 5.34. The number of hydrogen-bond donors (Lipinski definition) is 1. The fourth-order valence-electron chi connectivity index (χ4n) is 1.15. The highest BCUT2D eigenvalue weighted by atomic mass is 35.5. The molecule has 2 N–H and O–H groups in total. The normalized spacial score (nSPS) is 25.9. The van der Waals surface area contributed by atoms with E-state index in [9.17, 15) is 9.59 Å². The first-order chi connectivity index (χ1) is 6.52. The molecule has 0 saturated heterocycles. The summed E-state index contributed by atoms with van der Waals surface area (Å²) in [6.45, 7) is 3.62. The molecule has 86 valence electrons. The van der Waals surface area contributed by atoms with Crippen molar-refractivity contribution in [1.29, 1.82) is 0 Å². The zero-order valence-electron chi connectivity index (χ0n) is 8.56. The van der Waals surface area contributed by atoms with Crippen LogP contribution >= 0.6 is 24.2 Å². The summed E-state index contributed by atoms with van der Waals surface area (Å²) in [6.07, 6.45) is 1.39. The van der Waals surface area contributed by atoms with Crippen molar-refractivity contribution >= 4 is 35.9 Å². The van der Waals surface area contributed by atoms with Crippen LogP contribution in [0.4, 0.5) is 0 Å². The van der Waals surface area contributed by atoms with E-state index in [1.165, 1.54) is 6.08 Å². The number of esters is 1. The summed E-state index contributed by atoms with van der Waals surface area (Å²) in [5.41, 5.74) is 5.83. The van der Waals surface area contributed by atoms with E-state index < -0.39 is 16.8 Å². The molecule has 0 amide bonds. The quantitative estimate of drug-likeness (QED) is 0.761. The topological polar surface area (TPSA) is 69.4 Å². The molecule has 0 aromatic rings. The van der Waals surface area contributed by atoms with Crippen LogP contribution in [-0.4, -0.2) is 23.2 Å². The summed E-state index contributed by atoms with van der Waals surface area (Å²) in [6, 6.07) is 0. The van der Waals surface area contributed by atoms with E-state index in [-0.39, 0.29) is 18.2 Å². The molecule has 0 fully saturated rings. The molecule has 1 aliphatic rings. The number of carbonyl (C=O) groups is 2. The van der Waals surface area contributed by atoms with Crippen LogP contribution in [0, 0.1) is 5.92 Å². The number of nitrogens with two attached hydrogens (primary N) is 1. The molecule has 0 aliphatic carbocycles. The SMILES string of the molecule is CCOC(=O)C(C)C1(N)SC=CC1=O.Cl. The highest BCUT2D eigenvalue weighted by Crippen LogP contribution is 2.35. The maximum atomic E-state index is 11.4. The third-order valence-corrected chi connectivity index (χ3v) is 3.37. The molecule has 0 aromatic heterocycles. The molecule has 4 nitrogen and oxygen atoms in total. The summed E-state index contributed by atoms with van der Waals surface area (Å²) in [4.78, 5) is 21.6. The smallest absolute Gasteiger partial charge is 0.311 e. The first-order valence-corrected chi connectivity index (χ1v) is 5.24. The summed E-state index contributed by atoms with van der Waals surface area (Å²) < 4.78 is 4.82. The van der Waals surface area contributed by atoms with E-state index in [1.807, 2.05) is 0 Å².